The third-order valence-electron chi connectivity index (χ3n) is 5.33. The number of anilines is 4. The summed E-state index contributed by atoms with van der Waals surface area (Å²) in [5.74, 6) is -2.04. The van der Waals surface area contributed by atoms with Crippen molar-refractivity contribution in [2.24, 2.45) is 0 Å². The Morgan fingerprint density at radius 1 is 1.15 bits per heavy atom. The van der Waals surface area contributed by atoms with Crippen LogP contribution in [0.1, 0.15) is 21.5 Å². The number of hydroxylamine groups is 1. The first-order valence-corrected chi connectivity index (χ1v) is 13.7. The highest BCUT2D eigenvalue weighted by molar-refractivity contribution is 7.88. The fraction of sp³-hybridized carbons (Fsp3) is 0.273. The van der Waals surface area contributed by atoms with Gasteiger partial charge in [-0.25, -0.2) is 18.2 Å². The number of sulfonamides is 1. The molecule has 3 aromatic rings. The molecule has 1 aliphatic rings. The van der Waals surface area contributed by atoms with E-state index in [1.807, 2.05) is 0 Å². The number of amides is 1. The molecule has 3 N–H and O–H groups in total. The summed E-state index contributed by atoms with van der Waals surface area (Å²) in [6, 6.07) is 7.54. The number of ether oxygens (including phenoxy) is 1. The first-order chi connectivity index (χ1) is 18.6. The smallest absolute Gasteiger partial charge is 0.379 e. The van der Waals surface area contributed by atoms with Gasteiger partial charge in [0.15, 0.2) is 0 Å². The molecule has 12 nitrogen and oxygen atoms in total. The first-order valence-electron chi connectivity index (χ1n) is 11.2. The molecule has 1 aliphatic heterocycles. The molecule has 17 heteroatoms. The van der Waals surface area contributed by atoms with Gasteiger partial charge < -0.3 is 20.2 Å². The summed E-state index contributed by atoms with van der Waals surface area (Å²) in [4.78, 5) is 34.6. The minimum Gasteiger partial charge on any atom is -0.379 e. The summed E-state index contributed by atoms with van der Waals surface area (Å²) in [6.45, 7) is 1.24. The lowest BCUT2D eigenvalue weighted by molar-refractivity contribution is -0.137. The van der Waals surface area contributed by atoms with Crippen molar-refractivity contribution in [3.63, 3.8) is 0 Å². The Balaban J connectivity index is 1.51. The Morgan fingerprint density at radius 2 is 1.87 bits per heavy atom. The number of carbonyl (C=O) groups is 2. The fourth-order valence-electron chi connectivity index (χ4n) is 3.49. The second-order valence-electron chi connectivity index (χ2n) is 7.96. The minimum atomic E-state index is -4.81. The molecule has 0 saturated carbocycles. The van der Waals surface area contributed by atoms with Crippen LogP contribution in [0, 0.1) is 0 Å². The quantitative estimate of drug-likeness (QED) is 0.239. The Morgan fingerprint density at radius 3 is 2.54 bits per heavy atom. The van der Waals surface area contributed by atoms with E-state index in [9.17, 15) is 31.2 Å². The molecule has 1 fully saturated rings. The van der Waals surface area contributed by atoms with Crippen molar-refractivity contribution in [2.75, 3.05) is 36.9 Å². The van der Waals surface area contributed by atoms with Crippen LogP contribution in [-0.2, 0) is 36.3 Å². The number of rotatable bonds is 10. The molecule has 39 heavy (non-hydrogen) atoms. The molecule has 1 amide bonds. The SMILES string of the molecule is O=CNOC(=O)c1ccsc1Nc1nc(Nc2ccc(CS(=O)(=O)N3CCOCC3)cc2)ncc1C(F)(F)F. The van der Waals surface area contributed by atoms with Gasteiger partial charge in [-0.05, 0) is 29.1 Å². The molecule has 0 bridgehead atoms. The van der Waals surface area contributed by atoms with Crippen LogP contribution in [0.25, 0.3) is 0 Å². The van der Waals surface area contributed by atoms with E-state index in [4.69, 9.17) is 4.74 Å². The van der Waals surface area contributed by atoms with Gasteiger partial charge in [-0.2, -0.15) is 27.9 Å². The number of nitrogens with zero attached hydrogens (tertiary/aromatic N) is 3. The number of hydrogen-bond donors (Lipinski definition) is 3. The van der Waals surface area contributed by atoms with Crippen molar-refractivity contribution in [3.8, 4) is 0 Å². The van der Waals surface area contributed by atoms with Gasteiger partial charge in [0.25, 0.3) is 0 Å². The Hall–Kier alpha value is -3.80. The summed E-state index contributed by atoms with van der Waals surface area (Å²) in [6.07, 6.45) is -4.11. The van der Waals surface area contributed by atoms with Gasteiger partial charge in [0.05, 0.1) is 24.5 Å². The number of morpholine rings is 1. The highest BCUT2D eigenvalue weighted by Crippen LogP contribution is 2.37. The van der Waals surface area contributed by atoms with Crippen LogP contribution in [0.5, 0.6) is 0 Å². The van der Waals surface area contributed by atoms with E-state index in [0.29, 0.717) is 30.7 Å². The topological polar surface area (TPSA) is 152 Å². The minimum absolute atomic E-state index is 0.00585. The summed E-state index contributed by atoms with van der Waals surface area (Å²) in [5, 5.41) is 6.70. The van der Waals surface area contributed by atoms with Gasteiger partial charge in [-0.3, -0.25) is 4.79 Å². The maximum Gasteiger partial charge on any atom is 0.421 e. The molecule has 0 spiro atoms. The van der Waals surface area contributed by atoms with E-state index in [1.54, 1.807) is 29.7 Å². The van der Waals surface area contributed by atoms with Gasteiger partial charge in [-0.15, -0.1) is 11.3 Å². The van der Waals surface area contributed by atoms with Crippen LogP contribution in [0.4, 0.5) is 35.6 Å². The molecule has 1 aromatic carbocycles. The van der Waals surface area contributed by atoms with E-state index < -0.39 is 33.6 Å². The second kappa shape index (κ2) is 11.9. The molecule has 0 atom stereocenters. The summed E-state index contributed by atoms with van der Waals surface area (Å²) in [7, 11) is -3.53. The summed E-state index contributed by atoms with van der Waals surface area (Å²) < 4.78 is 72.7. The lowest BCUT2D eigenvalue weighted by Crippen LogP contribution is -2.41. The third-order valence-corrected chi connectivity index (χ3v) is 8.01. The van der Waals surface area contributed by atoms with Crippen molar-refractivity contribution in [2.45, 2.75) is 11.9 Å². The molecule has 4 rings (SSSR count). The van der Waals surface area contributed by atoms with Crippen molar-refractivity contribution in [1.29, 1.82) is 0 Å². The normalized spacial score (nSPS) is 14.4. The number of carbonyl (C=O) groups excluding carboxylic acids is 2. The number of hydrogen-bond acceptors (Lipinski definition) is 11. The number of nitrogens with one attached hydrogen (secondary N) is 3. The average molecular weight is 587 g/mol. The first kappa shape index (κ1) is 28.2. The van der Waals surface area contributed by atoms with Gasteiger partial charge in [0, 0.05) is 25.0 Å². The van der Waals surface area contributed by atoms with Crippen molar-refractivity contribution in [3.05, 3.63) is 58.6 Å². The maximum absolute atomic E-state index is 13.6. The predicted molar refractivity (Wildman–Crippen MR) is 134 cm³/mol. The molecule has 208 valence electrons. The fourth-order valence-corrected chi connectivity index (χ4v) is 5.77. The lowest BCUT2D eigenvalue weighted by Gasteiger charge is -2.26. The second-order valence-corrected chi connectivity index (χ2v) is 10.8. The number of thiophene rings is 1. The van der Waals surface area contributed by atoms with Crippen LogP contribution >= 0.6 is 11.3 Å². The monoisotopic (exact) mass is 586 g/mol. The Labute approximate surface area is 224 Å². The van der Waals surface area contributed by atoms with Crippen LogP contribution in [0.15, 0.2) is 41.9 Å². The molecule has 0 unspecified atom stereocenters. The van der Waals surface area contributed by atoms with Crippen LogP contribution in [0.2, 0.25) is 0 Å². The molecular formula is C22H21F3N6O6S2. The van der Waals surface area contributed by atoms with E-state index in [0.717, 1.165) is 11.3 Å². The van der Waals surface area contributed by atoms with Gasteiger partial charge in [-0.1, -0.05) is 12.1 Å². The molecule has 2 aromatic heterocycles. The highest BCUT2D eigenvalue weighted by Gasteiger charge is 2.36. The van der Waals surface area contributed by atoms with E-state index in [2.05, 4.69) is 25.4 Å². The molecule has 0 radical (unpaired) electrons. The van der Waals surface area contributed by atoms with Crippen LogP contribution < -0.4 is 16.1 Å². The molecular weight excluding hydrogens is 565 g/mol. The maximum atomic E-state index is 13.6. The summed E-state index contributed by atoms with van der Waals surface area (Å²) in [5.41, 5.74) is 1.33. The van der Waals surface area contributed by atoms with E-state index in [1.165, 1.54) is 15.8 Å². The molecule has 0 aliphatic carbocycles. The number of halogens is 3. The van der Waals surface area contributed by atoms with Crippen LogP contribution in [-0.4, -0.2) is 61.4 Å². The van der Waals surface area contributed by atoms with Gasteiger partial charge in [0.1, 0.15) is 16.4 Å². The zero-order valence-corrected chi connectivity index (χ0v) is 21.5. The summed E-state index contributed by atoms with van der Waals surface area (Å²) >= 11 is 0.916. The van der Waals surface area contributed by atoms with E-state index >= 15 is 0 Å². The molecule has 1 saturated heterocycles. The van der Waals surface area contributed by atoms with E-state index in [-0.39, 0.29) is 41.8 Å². The number of alkyl halides is 3. The van der Waals surface area contributed by atoms with Crippen molar-refractivity contribution in [1.82, 2.24) is 19.8 Å². The van der Waals surface area contributed by atoms with Crippen molar-refractivity contribution < 1.29 is 40.8 Å². The zero-order chi connectivity index (χ0) is 28.0. The predicted octanol–water partition coefficient (Wildman–Crippen LogP) is 3.02. The average Bonchev–Trinajstić information content (AvgIpc) is 3.36. The highest BCUT2D eigenvalue weighted by atomic mass is 32.2. The zero-order valence-electron chi connectivity index (χ0n) is 19.9. The third kappa shape index (κ3) is 7.20. The Kier molecular flexibility index (Phi) is 8.63. The lowest BCUT2D eigenvalue weighted by atomic mass is 10.2. The molecule has 3 heterocycles. The van der Waals surface area contributed by atoms with Crippen molar-refractivity contribution >= 4 is 56.2 Å². The largest absolute Gasteiger partial charge is 0.421 e. The van der Waals surface area contributed by atoms with Gasteiger partial charge >= 0.3 is 12.1 Å². The number of aromatic nitrogens is 2. The van der Waals surface area contributed by atoms with Gasteiger partial charge in [0.2, 0.25) is 22.4 Å². The number of benzene rings is 1. The van der Waals surface area contributed by atoms with Crippen LogP contribution in [0.3, 0.4) is 0 Å². The Bertz CT molecular complexity index is 1430. The standard InChI is InChI=1S/C22H21F3N6O6S2/c23-22(24,25)17-11-26-21(30-18(17)29-19-16(5-10-38-19)20(33)37-27-13-32)28-15-3-1-14(2-4-15)12-39(34,35)31-6-8-36-9-7-31/h1-5,10-11,13H,6-9,12H2,(H,27,32)(H2,26,28,29,30).